The van der Waals surface area contributed by atoms with E-state index < -0.39 is 5.97 Å². The fraction of sp³-hybridized carbons (Fsp3) is 0.500. The Kier molecular flexibility index (Phi) is 2.53. The van der Waals surface area contributed by atoms with Gasteiger partial charge in [0.1, 0.15) is 5.82 Å². The van der Waals surface area contributed by atoms with E-state index in [1.807, 2.05) is 0 Å². The highest BCUT2D eigenvalue weighted by atomic mass is 16.4. The monoisotopic (exact) mass is 208 g/mol. The summed E-state index contributed by atoms with van der Waals surface area (Å²) in [5.41, 5.74) is 0.245. The molecule has 1 aromatic heterocycles. The summed E-state index contributed by atoms with van der Waals surface area (Å²) in [5, 5.41) is 8.49. The number of nitrogens with one attached hydrogen (secondary N) is 1. The van der Waals surface area contributed by atoms with E-state index in [1.165, 1.54) is 6.20 Å². The second-order valence-corrected chi connectivity index (χ2v) is 3.79. The number of carboxylic acids is 1. The van der Waals surface area contributed by atoms with Crippen molar-refractivity contribution in [3.63, 3.8) is 0 Å². The number of aromatic nitrogens is 2. The van der Waals surface area contributed by atoms with Crippen molar-refractivity contribution in [3.8, 4) is 0 Å². The van der Waals surface area contributed by atoms with E-state index in [2.05, 4.69) is 9.97 Å². The van der Waals surface area contributed by atoms with Crippen molar-refractivity contribution in [2.24, 2.45) is 0 Å². The summed E-state index contributed by atoms with van der Waals surface area (Å²) in [7, 11) is 0. The molecule has 1 aliphatic carbocycles. The lowest BCUT2D eigenvalue weighted by molar-refractivity contribution is -0.136. The predicted octanol–water partition coefficient (Wildman–Crippen LogP) is 0.665. The van der Waals surface area contributed by atoms with Crippen molar-refractivity contribution in [2.75, 3.05) is 0 Å². The summed E-state index contributed by atoms with van der Waals surface area (Å²) in [5.74, 6) is 0.242. The second kappa shape index (κ2) is 3.84. The van der Waals surface area contributed by atoms with E-state index in [0.717, 1.165) is 18.7 Å². The molecule has 15 heavy (non-hydrogen) atoms. The first kappa shape index (κ1) is 9.89. The molecule has 0 radical (unpaired) electrons. The maximum absolute atomic E-state index is 11.5. The minimum absolute atomic E-state index is 0.0342. The van der Waals surface area contributed by atoms with Gasteiger partial charge < -0.3 is 10.1 Å². The van der Waals surface area contributed by atoms with Crippen molar-refractivity contribution in [1.82, 2.24) is 9.97 Å². The maximum atomic E-state index is 11.5. The second-order valence-electron chi connectivity index (χ2n) is 3.79. The van der Waals surface area contributed by atoms with Gasteiger partial charge in [0.15, 0.2) is 0 Å². The van der Waals surface area contributed by atoms with Crippen LogP contribution in [0.1, 0.15) is 36.6 Å². The highest BCUT2D eigenvalue weighted by molar-refractivity contribution is 5.67. The number of aromatic amines is 1. The molecule has 0 spiro atoms. The van der Waals surface area contributed by atoms with Gasteiger partial charge in [-0.25, -0.2) is 4.98 Å². The number of hydrogen-bond donors (Lipinski definition) is 2. The Bertz CT molecular complexity index is 435. The molecule has 1 heterocycles. The van der Waals surface area contributed by atoms with Crippen LogP contribution < -0.4 is 5.56 Å². The van der Waals surface area contributed by atoms with Crippen LogP contribution in [-0.2, 0) is 11.2 Å². The molecule has 80 valence electrons. The Morgan fingerprint density at radius 3 is 2.87 bits per heavy atom. The molecule has 2 N–H and O–H groups in total. The number of aliphatic carboxylic acids is 1. The first-order valence-corrected chi connectivity index (χ1v) is 4.96. The fourth-order valence-electron chi connectivity index (χ4n) is 1.42. The van der Waals surface area contributed by atoms with Crippen LogP contribution in [0.25, 0.3) is 0 Å². The van der Waals surface area contributed by atoms with Crippen LogP contribution in [0.15, 0.2) is 11.0 Å². The summed E-state index contributed by atoms with van der Waals surface area (Å²) in [6.45, 7) is 0. The lowest BCUT2D eigenvalue weighted by Gasteiger charge is -2.00. The van der Waals surface area contributed by atoms with Crippen LogP contribution in [-0.4, -0.2) is 21.0 Å². The Morgan fingerprint density at radius 2 is 2.33 bits per heavy atom. The summed E-state index contributed by atoms with van der Waals surface area (Å²) < 4.78 is 0. The minimum Gasteiger partial charge on any atom is -0.481 e. The van der Waals surface area contributed by atoms with Crippen molar-refractivity contribution < 1.29 is 9.90 Å². The third-order valence-corrected chi connectivity index (χ3v) is 2.46. The summed E-state index contributed by atoms with van der Waals surface area (Å²) in [6.07, 6.45) is 3.86. The fourth-order valence-corrected chi connectivity index (χ4v) is 1.42. The molecule has 0 unspecified atom stereocenters. The molecule has 5 nitrogen and oxygen atoms in total. The van der Waals surface area contributed by atoms with Gasteiger partial charge in [-0.1, -0.05) is 0 Å². The van der Waals surface area contributed by atoms with E-state index in [9.17, 15) is 9.59 Å². The number of rotatable bonds is 4. The maximum Gasteiger partial charge on any atom is 0.303 e. The van der Waals surface area contributed by atoms with Gasteiger partial charge in [0.05, 0.1) is 0 Å². The first-order valence-electron chi connectivity index (χ1n) is 4.96. The molecule has 1 aromatic rings. The standard InChI is InChI=1S/C10H12N2O3/c13-8(14)4-3-7-5-11-9(6-1-2-6)12-10(7)15/h5-6H,1-4H2,(H,13,14)(H,11,12,15). The van der Waals surface area contributed by atoms with Gasteiger partial charge in [0, 0.05) is 24.1 Å². The Hall–Kier alpha value is -1.65. The third kappa shape index (κ3) is 2.43. The number of aryl methyl sites for hydroxylation is 1. The van der Waals surface area contributed by atoms with Crippen LogP contribution in [0.4, 0.5) is 0 Å². The topological polar surface area (TPSA) is 83.0 Å². The summed E-state index contributed by atoms with van der Waals surface area (Å²) >= 11 is 0. The van der Waals surface area contributed by atoms with Gasteiger partial charge in [-0.05, 0) is 19.3 Å². The quantitative estimate of drug-likeness (QED) is 0.761. The summed E-state index contributed by atoms with van der Waals surface area (Å²) in [6, 6.07) is 0. The van der Waals surface area contributed by atoms with Crippen LogP contribution in [0.3, 0.4) is 0 Å². The summed E-state index contributed by atoms with van der Waals surface area (Å²) in [4.78, 5) is 28.7. The Morgan fingerprint density at radius 1 is 1.60 bits per heavy atom. The zero-order valence-electron chi connectivity index (χ0n) is 8.19. The Labute approximate surface area is 86.2 Å². The van der Waals surface area contributed by atoms with Gasteiger partial charge in [-0.15, -0.1) is 0 Å². The lowest BCUT2D eigenvalue weighted by atomic mass is 10.2. The van der Waals surface area contributed by atoms with E-state index in [1.54, 1.807) is 0 Å². The molecule has 0 saturated heterocycles. The minimum atomic E-state index is -0.902. The van der Waals surface area contributed by atoms with Gasteiger partial charge in [0.25, 0.3) is 5.56 Å². The molecule has 1 saturated carbocycles. The van der Waals surface area contributed by atoms with Gasteiger partial charge >= 0.3 is 5.97 Å². The highest BCUT2D eigenvalue weighted by Gasteiger charge is 2.26. The SMILES string of the molecule is O=C(O)CCc1cnc(C2CC2)[nH]c1=O. The molecule has 0 aliphatic heterocycles. The molecule has 0 bridgehead atoms. The van der Waals surface area contributed by atoms with Crippen LogP contribution in [0.5, 0.6) is 0 Å². The molecule has 5 heteroatoms. The number of carbonyl (C=O) groups is 1. The molecule has 1 aliphatic rings. The van der Waals surface area contributed by atoms with Gasteiger partial charge in [0.2, 0.25) is 0 Å². The molecular weight excluding hydrogens is 196 g/mol. The molecule has 0 amide bonds. The third-order valence-electron chi connectivity index (χ3n) is 2.46. The lowest BCUT2D eigenvalue weighted by Crippen LogP contribution is -2.16. The number of hydrogen-bond acceptors (Lipinski definition) is 3. The molecule has 0 aromatic carbocycles. The molecular formula is C10H12N2O3. The van der Waals surface area contributed by atoms with Crippen molar-refractivity contribution in [2.45, 2.75) is 31.6 Å². The smallest absolute Gasteiger partial charge is 0.303 e. The molecule has 2 rings (SSSR count). The zero-order valence-corrected chi connectivity index (χ0v) is 8.19. The average molecular weight is 208 g/mol. The van der Waals surface area contributed by atoms with E-state index in [4.69, 9.17) is 5.11 Å². The number of nitrogens with zero attached hydrogens (tertiary/aromatic N) is 1. The zero-order chi connectivity index (χ0) is 10.8. The van der Waals surface area contributed by atoms with Crippen molar-refractivity contribution >= 4 is 5.97 Å². The van der Waals surface area contributed by atoms with Crippen molar-refractivity contribution in [1.29, 1.82) is 0 Å². The molecule has 1 fully saturated rings. The molecule has 0 atom stereocenters. The highest BCUT2D eigenvalue weighted by Crippen LogP contribution is 2.37. The number of H-pyrrole nitrogens is 1. The number of carboxylic acid groups (broad SMARTS) is 1. The van der Waals surface area contributed by atoms with Crippen molar-refractivity contribution in [3.05, 3.63) is 27.9 Å². The van der Waals surface area contributed by atoms with Crippen LogP contribution in [0, 0.1) is 0 Å². The average Bonchev–Trinajstić information content (AvgIpc) is 2.98. The van der Waals surface area contributed by atoms with Crippen LogP contribution >= 0.6 is 0 Å². The first-order chi connectivity index (χ1) is 7.16. The normalized spacial score (nSPS) is 15.2. The van der Waals surface area contributed by atoms with Gasteiger partial charge in [-0.2, -0.15) is 0 Å². The largest absolute Gasteiger partial charge is 0.481 e. The van der Waals surface area contributed by atoms with Crippen LogP contribution in [0.2, 0.25) is 0 Å². The Balaban J connectivity index is 2.11. The predicted molar refractivity (Wildman–Crippen MR) is 52.8 cm³/mol. The van der Waals surface area contributed by atoms with E-state index in [0.29, 0.717) is 11.5 Å². The van der Waals surface area contributed by atoms with Gasteiger partial charge in [-0.3, -0.25) is 9.59 Å². The van der Waals surface area contributed by atoms with E-state index >= 15 is 0 Å². The van der Waals surface area contributed by atoms with E-state index in [-0.39, 0.29) is 18.4 Å².